The number of pyridine rings is 1. The molecule has 0 spiro atoms. The van der Waals surface area contributed by atoms with Crippen molar-refractivity contribution in [2.75, 3.05) is 18.8 Å². The highest BCUT2D eigenvalue weighted by atomic mass is 32.2. The van der Waals surface area contributed by atoms with Crippen molar-refractivity contribution in [3.8, 4) is 0 Å². The Morgan fingerprint density at radius 2 is 1.92 bits per heavy atom. The van der Waals surface area contributed by atoms with E-state index in [4.69, 9.17) is 0 Å². The van der Waals surface area contributed by atoms with Gasteiger partial charge in [-0.2, -0.15) is 0 Å². The molecule has 1 N–H and O–H groups in total. The van der Waals surface area contributed by atoms with Crippen LogP contribution in [0.5, 0.6) is 0 Å². The van der Waals surface area contributed by atoms with E-state index in [1.165, 1.54) is 0 Å². The van der Waals surface area contributed by atoms with Gasteiger partial charge < -0.3 is 4.90 Å². The summed E-state index contributed by atoms with van der Waals surface area (Å²) >= 11 is 0. The van der Waals surface area contributed by atoms with Crippen LogP contribution in [0.3, 0.4) is 0 Å². The number of piperidine rings is 1. The fourth-order valence-corrected chi connectivity index (χ4v) is 4.58. The standard InChI is InChI=1S/C19H23N3O3S/c23-19(17-8-2-1-3-9-17)22-12-6-7-16(14-22)15-26(24,25)21-13-18-10-4-5-11-20-18/h1-5,8-11,16,21H,6-7,12-15H2/t16-/m1/s1. The number of nitrogens with one attached hydrogen (secondary N) is 1. The highest BCUT2D eigenvalue weighted by Gasteiger charge is 2.28. The number of hydrogen-bond donors (Lipinski definition) is 1. The molecule has 1 aromatic carbocycles. The minimum atomic E-state index is -3.42. The van der Waals surface area contributed by atoms with Crippen LogP contribution in [0.2, 0.25) is 0 Å². The summed E-state index contributed by atoms with van der Waals surface area (Å²) in [4.78, 5) is 18.5. The summed E-state index contributed by atoms with van der Waals surface area (Å²) in [6.07, 6.45) is 3.26. The second-order valence-electron chi connectivity index (χ2n) is 6.55. The second-order valence-corrected chi connectivity index (χ2v) is 8.40. The van der Waals surface area contributed by atoms with E-state index in [9.17, 15) is 13.2 Å². The number of nitrogens with zero attached hydrogens (tertiary/aromatic N) is 2. The number of carbonyl (C=O) groups is 1. The lowest BCUT2D eigenvalue weighted by Crippen LogP contribution is -2.43. The quantitative estimate of drug-likeness (QED) is 0.840. The molecule has 138 valence electrons. The van der Waals surface area contributed by atoms with Crippen LogP contribution in [0.15, 0.2) is 54.7 Å². The number of rotatable bonds is 6. The fraction of sp³-hybridized carbons (Fsp3) is 0.368. The molecule has 1 aliphatic rings. The molecule has 3 rings (SSSR count). The van der Waals surface area contributed by atoms with Crippen LogP contribution in [0, 0.1) is 5.92 Å². The average Bonchev–Trinajstić information content (AvgIpc) is 2.67. The maximum absolute atomic E-state index is 12.6. The molecule has 0 unspecified atom stereocenters. The summed E-state index contributed by atoms with van der Waals surface area (Å²) in [6, 6.07) is 14.5. The summed E-state index contributed by atoms with van der Waals surface area (Å²) in [5.41, 5.74) is 1.32. The zero-order valence-electron chi connectivity index (χ0n) is 14.5. The highest BCUT2D eigenvalue weighted by molar-refractivity contribution is 7.89. The number of carbonyl (C=O) groups excluding carboxylic acids is 1. The Morgan fingerprint density at radius 1 is 1.15 bits per heavy atom. The van der Waals surface area contributed by atoms with Crippen LogP contribution < -0.4 is 4.72 Å². The van der Waals surface area contributed by atoms with Crippen LogP contribution in [0.1, 0.15) is 28.9 Å². The minimum absolute atomic E-state index is 0.0262. The van der Waals surface area contributed by atoms with Gasteiger partial charge in [0.25, 0.3) is 5.91 Å². The van der Waals surface area contributed by atoms with Crippen LogP contribution in [-0.4, -0.2) is 43.1 Å². The zero-order valence-corrected chi connectivity index (χ0v) is 15.4. The summed E-state index contributed by atoms with van der Waals surface area (Å²) in [5, 5.41) is 0. The molecule has 26 heavy (non-hydrogen) atoms. The summed E-state index contributed by atoms with van der Waals surface area (Å²) in [7, 11) is -3.42. The van der Waals surface area contributed by atoms with E-state index in [1.54, 1.807) is 35.4 Å². The molecule has 0 radical (unpaired) electrons. The van der Waals surface area contributed by atoms with E-state index in [1.807, 2.05) is 24.3 Å². The minimum Gasteiger partial charge on any atom is -0.338 e. The third-order valence-corrected chi connectivity index (χ3v) is 5.98. The Kier molecular flexibility index (Phi) is 6.00. The molecule has 0 aliphatic carbocycles. The first kappa shape index (κ1) is 18.5. The van der Waals surface area contributed by atoms with Crippen molar-refractivity contribution in [2.24, 2.45) is 5.92 Å². The van der Waals surface area contributed by atoms with Gasteiger partial charge >= 0.3 is 0 Å². The predicted molar refractivity (Wildman–Crippen MR) is 99.9 cm³/mol. The Labute approximate surface area is 154 Å². The first-order valence-corrected chi connectivity index (χ1v) is 10.4. The fourth-order valence-electron chi connectivity index (χ4n) is 3.20. The third kappa shape index (κ3) is 5.12. The number of amides is 1. The van der Waals surface area contributed by atoms with E-state index in [-0.39, 0.29) is 24.1 Å². The van der Waals surface area contributed by atoms with E-state index >= 15 is 0 Å². The molecule has 0 bridgehead atoms. The van der Waals surface area contributed by atoms with E-state index in [0.29, 0.717) is 24.3 Å². The molecule has 6 nitrogen and oxygen atoms in total. The van der Waals surface area contributed by atoms with Crippen molar-refractivity contribution in [3.05, 3.63) is 66.0 Å². The van der Waals surface area contributed by atoms with Crippen molar-refractivity contribution in [3.63, 3.8) is 0 Å². The maximum atomic E-state index is 12.6. The lowest BCUT2D eigenvalue weighted by Gasteiger charge is -2.32. The van der Waals surface area contributed by atoms with Gasteiger partial charge in [0.1, 0.15) is 0 Å². The lowest BCUT2D eigenvalue weighted by molar-refractivity contribution is 0.0684. The molecule has 1 atom stereocenters. The topological polar surface area (TPSA) is 79.4 Å². The van der Waals surface area contributed by atoms with Gasteiger partial charge in [0.15, 0.2) is 0 Å². The van der Waals surface area contributed by atoms with Crippen molar-refractivity contribution in [1.82, 2.24) is 14.6 Å². The zero-order chi connectivity index (χ0) is 18.4. The molecule has 7 heteroatoms. The van der Waals surface area contributed by atoms with Crippen LogP contribution in [0.25, 0.3) is 0 Å². The van der Waals surface area contributed by atoms with Crippen LogP contribution >= 0.6 is 0 Å². The number of sulfonamides is 1. The van der Waals surface area contributed by atoms with Gasteiger partial charge in [-0.1, -0.05) is 24.3 Å². The predicted octanol–water partition coefficient (Wildman–Crippen LogP) is 2.05. The monoisotopic (exact) mass is 373 g/mol. The molecule has 1 saturated heterocycles. The largest absolute Gasteiger partial charge is 0.338 e. The Balaban J connectivity index is 1.56. The van der Waals surface area contributed by atoms with Crippen molar-refractivity contribution in [2.45, 2.75) is 19.4 Å². The molecule has 2 aromatic rings. The molecular weight excluding hydrogens is 350 g/mol. The first-order chi connectivity index (χ1) is 12.5. The molecule has 1 amide bonds. The number of aromatic nitrogens is 1. The molecule has 1 aromatic heterocycles. The summed E-state index contributed by atoms with van der Waals surface area (Å²) in [5.74, 6) is -0.0647. The number of benzene rings is 1. The van der Waals surface area contributed by atoms with Crippen LogP contribution in [-0.2, 0) is 16.6 Å². The molecule has 1 aliphatic heterocycles. The van der Waals surface area contributed by atoms with E-state index < -0.39 is 10.0 Å². The third-order valence-electron chi connectivity index (χ3n) is 4.48. The second kappa shape index (κ2) is 8.42. The van der Waals surface area contributed by atoms with Gasteiger partial charge in [-0.3, -0.25) is 9.78 Å². The normalized spacial score (nSPS) is 17.8. The van der Waals surface area contributed by atoms with E-state index in [0.717, 1.165) is 12.8 Å². The maximum Gasteiger partial charge on any atom is 0.253 e. The van der Waals surface area contributed by atoms with E-state index in [2.05, 4.69) is 9.71 Å². The Morgan fingerprint density at radius 3 is 2.65 bits per heavy atom. The van der Waals surface area contributed by atoms with Crippen molar-refractivity contribution < 1.29 is 13.2 Å². The van der Waals surface area contributed by atoms with Gasteiger partial charge in [0.05, 0.1) is 18.0 Å². The van der Waals surface area contributed by atoms with Gasteiger partial charge in [0, 0.05) is 24.8 Å². The smallest absolute Gasteiger partial charge is 0.253 e. The first-order valence-electron chi connectivity index (χ1n) is 8.75. The van der Waals surface area contributed by atoms with Gasteiger partial charge in [-0.15, -0.1) is 0 Å². The highest BCUT2D eigenvalue weighted by Crippen LogP contribution is 2.20. The number of hydrogen-bond acceptors (Lipinski definition) is 4. The molecular formula is C19H23N3O3S. The lowest BCUT2D eigenvalue weighted by atomic mass is 9.99. The summed E-state index contributed by atoms with van der Waals surface area (Å²) < 4.78 is 27.4. The van der Waals surface area contributed by atoms with Crippen LogP contribution in [0.4, 0.5) is 0 Å². The summed E-state index contributed by atoms with van der Waals surface area (Å²) in [6.45, 7) is 1.33. The Bertz CT molecular complexity index is 826. The molecule has 1 fully saturated rings. The van der Waals surface area contributed by atoms with Crippen molar-refractivity contribution >= 4 is 15.9 Å². The van der Waals surface area contributed by atoms with Gasteiger partial charge in [-0.05, 0) is 43.0 Å². The molecule has 2 heterocycles. The Hall–Kier alpha value is -2.25. The van der Waals surface area contributed by atoms with Gasteiger partial charge in [0.2, 0.25) is 10.0 Å². The SMILES string of the molecule is O=C(c1ccccc1)N1CCC[C@@H](CS(=O)(=O)NCc2ccccn2)C1. The van der Waals surface area contributed by atoms with Crippen molar-refractivity contribution in [1.29, 1.82) is 0 Å². The molecule has 0 saturated carbocycles. The van der Waals surface area contributed by atoms with Gasteiger partial charge in [-0.25, -0.2) is 13.1 Å². The number of likely N-dealkylation sites (tertiary alicyclic amines) is 1. The average molecular weight is 373 g/mol.